The van der Waals surface area contributed by atoms with E-state index in [2.05, 4.69) is 0 Å². The van der Waals surface area contributed by atoms with E-state index in [0.717, 1.165) is 0 Å². The van der Waals surface area contributed by atoms with Gasteiger partial charge in [-0.3, -0.25) is 4.79 Å². The highest BCUT2D eigenvalue weighted by molar-refractivity contribution is 5.72. The van der Waals surface area contributed by atoms with Crippen LogP contribution in [-0.2, 0) is 28.8 Å². The van der Waals surface area contributed by atoms with Gasteiger partial charge < -0.3 is 14.2 Å². The van der Waals surface area contributed by atoms with Gasteiger partial charge in [0.2, 0.25) is 0 Å². The number of rotatable bonds is 12. The van der Waals surface area contributed by atoms with E-state index in [-0.39, 0.29) is 12.6 Å². The third-order valence-electron chi connectivity index (χ3n) is 2.27. The average Bonchev–Trinajstić information content (AvgIpc) is 2.38. The predicted molar refractivity (Wildman–Crippen MR) is 69.4 cm³/mol. The molecule has 0 aromatic heterocycles. The molecule has 0 aliphatic carbocycles. The zero-order valence-electron chi connectivity index (χ0n) is 12.3. The molecule has 0 rings (SSSR count). The maximum absolute atomic E-state index is 11.8. The molecule has 0 saturated heterocycles. The van der Waals surface area contributed by atoms with Crippen molar-refractivity contribution in [1.29, 1.82) is 0 Å². The average molecular weight is 278 g/mol. The lowest BCUT2D eigenvalue weighted by Crippen LogP contribution is -2.30. The van der Waals surface area contributed by atoms with E-state index in [0.29, 0.717) is 32.8 Å². The molecule has 114 valence electrons. The molecular weight excluding hydrogens is 252 g/mol. The fourth-order valence-corrected chi connectivity index (χ4v) is 1.49. The van der Waals surface area contributed by atoms with E-state index in [9.17, 15) is 4.79 Å². The van der Waals surface area contributed by atoms with Gasteiger partial charge in [-0.15, -0.1) is 0 Å². The molecule has 0 aromatic rings. The molecule has 0 amide bonds. The highest BCUT2D eigenvalue weighted by Crippen LogP contribution is 2.14. The van der Waals surface area contributed by atoms with Gasteiger partial charge in [0, 0.05) is 19.6 Å². The van der Waals surface area contributed by atoms with Crippen molar-refractivity contribution in [3.05, 3.63) is 0 Å². The number of hydrogen-bond acceptors (Lipinski definition) is 6. The van der Waals surface area contributed by atoms with Crippen LogP contribution in [-0.4, -0.2) is 45.3 Å². The molecule has 0 saturated carbocycles. The molecule has 0 bridgehead atoms. The molecule has 0 heterocycles. The molecule has 1 unspecified atom stereocenters. The maximum atomic E-state index is 11.8. The second-order valence-corrected chi connectivity index (χ2v) is 3.72. The van der Waals surface area contributed by atoms with Crippen molar-refractivity contribution >= 4 is 5.97 Å². The minimum absolute atomic E-state index is 0.128. The van der Waals surface area contributed by atoms with Gasteiger partial charge in [-0.25, -0.2) is 9.78 Å². The van der Waals surface area contributed by atoms with Crippen LogP contribution >= 0.6 is 0 Å². The quantitative estimate of drug-likeness (QED) is 0.179. The molecule has 0 fully saturated rings. The van der Waals surface area contributed by atoms with Crippen LogP contribution in [0.5, 0.6) is 0 Å². The topological polar surface area (TPSA) is 63.2 Å². The largest absolute Gasteiger partial charge is 0.466 e. The first-order chi connectivity index (χ1) is 9.19. The molecular formula is C13H26O6. The molecule has 0 aliphatic heterocycles. The number of carbonyl (C=O) groups excluding carboxylic acids is 1. The Kier molecular flexibility index (Phi) is 11.9. The second kappa shape index (κ2) is 12.3. The molecule has 0 aliphatic rings. The SMILES string of the molecule is CCOOCC(CC(OCC)OCC)C(=O)OCC. The number of ether oxygens (including phenoxy) is 3. The first-order valence-corrected chi connectivity index (χ1v) is 6.83. The van der Waals surface area contributed by atoms with Crippen LogP contribution in [0.3, 0.4) is 0 Å². The van der Waals surface area contributed by atoms with Gasteiger partial charge in [-0.1, -0.05) is 0 Å². The lowest BCUT2D eigenvalue weighted by atomic mass is 10.1. The highest BCUT2D eigenvalue weighted by Gasteiger charge is 2.25. The van der Waals surface area contributed by atoms with Crippen molar-refractivity contribution in [2.75, 3.05) is 33.0 Å². The summed E-state index contributed by atoms with van der Waals surface area (Å²) in [7, 11) is 0. The number of hydrogen-bond donors (Lipinski definition) is 0. The van der Waals surface area contributed by atoms with Gasteiger partial charge in [0.05, 0.1) is 25.7 Å². The second-order valence-electron chi connectivity index (χ2n) is 3.72. The van der Waals surface area contributed by atoms with Crippen LogP contribution in [0, 0.1) is 5.92 Å². The van der Waals surface area contributed by atoms with Crippen molar-refractivity contribution in [2.24, 2.45) is 5.92 Å². The summed E-state index contributed by atoms with van der Waals surface area (Å²) in [6, 6.07) is 0. The fraction of sp³-hybridized carbons (Fsp3) is 0.923. The minimum Gasteiger partial charge on any atom is -0.466 e. The molecule has 0 radical (unpaired) electrons. The first-order valence-electron chi connectivity index (χ1n) is 6.83. The summed E-state index contributed by atoms with van der Waals surface area (Å²) in [6.07, 6.45) is -0.0530. The Bertz CT molecular complexity index is 215. The van der Waals surface area contributed by atoms with Crippen molar-refractivity contribution in [3.8, 4) is 0 Å². The van der Waals surface area contributed by atoms with E-state index >= 15 is 0 Å². The maximum Gasteiger partial charge on any atom is 0.311 e. The Morgan fingerprint density at radius 1 is 0.895 bits per heavy atom. The Balaban J connectivity index is 4.38. The zero-order valence-corrected chi connectivity index (χ0v) is 12.3. The fourth-order valence-electron chi connectivity index (χ4n) is 1.49. The van der Waals surface area contributed by atoms with Gasteiger partial charge in [0.15, 0.2) is 6.29 Å². The lowest BCUT2D eigenvalue weighted by molar-refractivity contribution is -0.300. The van der Waals surface area contributed by atoms with E-state index in [1.54, 1.807) is 6.92 Å². The first kappa shape index (κ1) is 18.3. The van der Waals surface area contributed by atoms with Gasteiger partial charge in [-0.2, -0.15) is 0 Å². The summed E-state index contributed by atoms with van der Waals surface area (Å²) in [6.45, 7) is 9.25. The van der Waals surface area contributed by atoms with Crippen molar-refractivity contribution in [1.82, 2.24) is 0 Å². The Morgan fingerprint density at radius 3 is 2.00 bits per heavy atom. The van der Waals surface area contributed by atoms with E-state index in [1.807, 2.05) is 20.8 Å². The molecule has 0 spiro atoms. The summed E-state index contributed by atoms with van der Waals surface area (Å²) >= 11 is 0. The van der Waals surface area contributed by atoms with Crippen LogP contribution in [0.1, 0.15) is 34.1 Å². The molecule has 0 aromatic carbocycles. The standard InChI is InChI=1S/C13H26O6/c1-5-15-12(16-6-2)9-11(10-19-18-8-4)13(14)17-7-3/h11-12H,5-10H2,1-4H3. The normalized spacial score (nSPS) is 12.7. The van der Waals surface area contributed by atoms with Crippen molar-refractivity contribution < 1.29 is 28.8 Å². The van der Waals surface area contributed by atoms with E-state index in [4.69, 9.17) is 24.0 Å². The Labute approximate surface area is 115 Å². The summed E-state index contributed by atoms with van der Waals surface area (Å²) in [5.41, 5.74) is 0. The summed E-state index contributed by atoms with van der Waals surface area (Å²) in [5.74, 6) is -0.791. The molecule has 1 atom stereocenters. The number of carbonyl (C=O) groups is 1. The highest BCUT2D eigenvalue weighted by atomic mass is 17.2. The zero-order chi connectivity index (χ0) is 14.5. The van der Waals surface area contributed by atoms with Crippen LogP contribution < -0.4 is 0 Å². The number of esters is 1. The third kappa shape index (κ3) is 8.93. The Hall–Kier alpha value is -0.690. The van der Waals surface area contributed by atoms with Crippen molar-refractivity contribution in [2.45, 2.75) is 40.4 Å². The molecule has 6 nitrogen and oxygen atoms in total. The molecule has 0 N–H and O–H groups in total. The van der Waals surface area contributed by atoms with Crippen LogP contribution in [0.2, 0.25) is 0 Å². The van der Waals surface area contributed by atoms with Gasteiger partial charge >= 0.3 is 5.97 Å². The van der Waals surface area contributed by atoms with E-state index in [1.165, 1.54) is 0 Å². The van der Waals surface area contributed by atoms with Gasteiger partial charge in [0.25, 0.3) is 0 Å². The van der Waals surface area contributed by atoms with Crippen LogP contribution in [0.4, 0.5) is 0 Å². The Morgan fingerprint density at radius 2 is 1.53 bits per heavy atom. The summed E-state index contributed by atoms with van der Waals surface area (Å²) in [4.78, 5) is 21.6. The molecule has 19 heavy (non-hydrogen) atoms. The van der Waals surface area contributed by atoms with Gasteiger partial charge in [0.1, 0.15) is 0 Å². The molecule has 6 heteroatoms. The smallest absolute Gasteiger partial charge is 0.311 e. The van der Waals surface area contributed by atoms with Gasteiger partial charge in [-0.05, 0) is 27.7 Å². The van der Waals surface area contributed by atoms with Crippen LogP contribution in [0.25, 0.3) is 0 Å². The summed E-state index contributed by atoms with van der Waals surface area (Å²) in [5, 5.41) is 0. The lowest BCUT2D eigenvalue weighted by Gasteiger charge is -2.21. The van der Waals surface area contributed by atoms with Crippen LogP contribution in [0.15, 0.2) is 0 Å². The third-order valence-corrected chi connectivity index (χ3v) is 2.27. The summed E-state index contributed by atoms with van der Waals surface area (Å²) < 4.78 is 15.8. The van der Waals surface area contributed by atoms with E-state index < -0.39 is 12.2 Å². The minimum atomic E-state index is -0.463. The monoisotopic (exact) mass is 278 g/mol. The predicted octanol–water partition coefficient (Wildman–Crippen LogP) is 1.92. The van der Waals surface area contributed by atoms with Crippen molar-refractivity contribution in [3.63, 3.8) is 0 Å².